The molecule has 0 radical (unpaired) electrons. The van der Waals surface area contributed by atoms with Gasteiger partial charge in [-0.3, -0.25) is 14.6 Å². The van der Waals surface area contributed by atoms with Crippen LogP contribution in [-0.4, -0.2) is 72.6 Å². The van der Waals surface area contributed by atoms with Crippen molar-refractivity contribution in [3.8, 4) is 45.3 Å². The molecule has 1 spiro atoms. The van der Waals surface area contributed by atoms with Crippen LogP contribution in [0.4, 0.5) is 0 Å². The third kappa shape index (κ3) is 7.28. The van der Waals surface area contributed by atoms with E-state index in [0.717, 1.165) is 71.5 Å². The Bertz CT molecular complexity index is 1960. The van der Waals surface area contributed by atoms with Crippen molar-refractivity contribution in [3.05, 3.63) is 82.0 Å². The molecule has 2 saturated heterocycles. The fourth-order valence-electron chi connectivity index (χ4n) is 7.60. The van der Waals surface area contributed by atoms with Crippen molar-refractivity contribution in [2.24, 2.45) is 5.41 Å². The lowest BCUT2D eigenvalue weighted by atomic mass is 9.60. The second-order valence-electron chi connectivity index (χ2n) is 13.9. The first-order valence-electron chi connectivity index (χ1n) is 17.3. The summed E-state index contributed by atoms with van der Waals surface area (Å²) in [5, 5.41) is 11.0. The quantitative estimate of drug-likeness (QED) is 0.156. The van der Waals surface area contributed by atoms with Crippen LogP contribution in [0.3, 0.4) is 0 Å². The van der Waals surface area contributed by atoms with Crippen molar-refractivity contribution in [2.45, 2.75) is 57.8 Å². The largest absolute Gasteiger partial charge is 0.496 e. The van der Waals surface area contributed by atoms with E-state index in [0.29, 0.717) is 64.8 Å². The highest BCUT2D eigenvalue weighted by Gasteiger charge is 2.52. The van der Waals surface area contributed by atoms with E-state index < -0.39 is 0 Å². The van der Waals surface area contributed by atoms with Gasteiger partial charge >= 0.3 is 0 Å². The molecule has 10 nitrogen and oxygen atoms in total. The highest BCUT2D eigenvalue weighted by Crippen LogP contribution is 2.48. The summed E-state index contributed by atoms with van der Waals surface area (Å²) in [4.78, 5) is 34.5. The third-order valence-electron chi connectivity index (χ3n) is 10.4. The number of hydrogen-bond acceptors (Lipinski definition) is 8. The molecule has 1 saturated carbocycles. The number of pyridine rings is 2. The van der Waals surface area contributed by atoms with Crippen LogP contribution in [0, 0.1) is 5.41 Å². The fourth-order valence-corrected chi connectivity index (χ4v) is 8.25. The number of ether oxygens (including phenoxy) is 2. The van der Waals surface area contributed by atoms with E-state index in [9.17, 15) is 9.59 Å². The van der Waals surface area contributed by atoms with Gasteiger partial charge in [-0.15, -0.1) is 0 Å². The number of amides is 2. The monoisotopic (exact) mass is 728 g/mol. The number of carbonyl (C=O) groups is 2. The maximum Gasteiger partial charge on any atom is 0.220 e. The van der Waals surface area contributed by atoms with E-state index >= 15 is 0 Å². The summed E-state index contributed by atoms with van der Waals surface area (Å²) in [5.74, 6) is 1.53. The first kappa shape index (κ1) is 35.2. The van der Waals surface area contributed by atoms with Crippen molar-refractivity contribution in [3.63, 3.8) is 0 Å². The molecule has 0 unspecified atom stereocenters. The summed E-state index contributed by atoms with van der Waals surface area (Å²) in [5.41, 5.74) is 6.66. The molecule has 51 heavy (non-hydrogen) atoms. The Kier molecular flexibility index (Phi) is 10.2. The minimum absolute atomic E-state index is 0.100. The normalized spacial score (nSPS) is 17.9. The van der Waals surface area contributed by atoms with E-state index in [1.807, 2.05) is 53.4 Å². The number of carbonyl (C=O) groups excluding carboxylic acids is 2. The van der Waals surface area contributed by atoms with Crippen molar-refractivity contribution < 1.29 is 19.1 Å². The molecule has 3 fully saturated rings. The van der Waals surface area contributed by atoms with Gasteiger partial charge in [0.25, 0.3) is 0 Å². The topological polar surface area (TPSA) is 118 Å². The number of methoxy groups -OCH3 is 2. The predicted molar refractivity (Wildman–Crippen MR) is 199 cm³/mol. The van der Waals surface area contributed by atoms with E-state index in [2.05, 4.69) is 27.0 Å². The molecule has 266 valence electrons. The van der Waals surface area contributed by atoms with E-state index in [1.165, 1.54) is 0 Å². The van der Waals surface area contributed by atoms with Crippen LogP contribution >= 0.6 is 23.2 Å². The Morgan fingerprint density at radius 1 is 0.980 bits per heavy atom. The van der Waals surface area contributed by atoms with Gasteiger partial charge in [0, 0.05) is 103 Å². The summed E-state index contributed by atoms with van der Waals surface area (Å²) < 4.78 is 11.5. The molecule has 0 bridgehead atoms. The summed E-state index contributed by atoms with van der Waals surface area (Å²) in [6.45, 7) is 5.31. The van der Waals surface area contributed by atoms with Crippen LogP contribution in [-0.2, 0) is 22.7 Å². The van der Waals surface area contributed by atoms with Crippen LogP contribution in [0.15, 0.2) is 60.8 Å². The van der Waals surface area contributed by atoms with Gasteiger partial charge in [0.05, 0.1) is 35.7 Å². The minimum Gasteiger partial charge on any atom is -0.496 e. The Hall–Kier alpha value is -4.22. The van der Waals surface area contributed by atoms with E-state index in [1.54, 1.807) is 27.3 Å². The number of halogens is 2. The number of benzene rings is 2. The van der Waals surface area contributed by atoms with E-state index in [4.69, 9.17) is 37.7 Å². The Labute approximate surface area is 308 Å². The van der Waals surface area contributed by atoms with Crippen LogP contribution in [0.25, 0.3) is 33.6 Å². The fraction of sp³-hybridized carbons (Fsp3) is 0.385. The van der Waals surface area contributed by atoms with Gasteiger partial charge in [0.1, 0.15) is 5.75 Å². The second-order valence-corrected chi connectivity index (χ2v) is 14.6. The number of hydrogen-bond donors (Lipinski definition) is 3. The summed E-state index contributed by atoms with van der Waals surface area (Å²) >= 11 is 14.2. The lowest BCUT2D eigenvalue weighted by Crippen LogP contribution is -2.66. The molecule has 7 rings (SSSR count). The van der Waals surface area contributed by atoms with Crippen molar-refractivity contribution >= 4 is 35.0 Å². The third-order valence-corrected chi connectivity index (χ3v) is 11.2. The standard InChI is InChI=1S/C39H42Cl2N6O4/c1-23(48)47-21-39(22-47)16-28(17-39)44-19-25-8-7-24(15-33(25)50-2)37-36(41)30(13-14-43-37)29-5-4-6-31(35(29)40)32-11-9-26(38(46-32)51-3)18-42-20-27-10-12-34(49)45-27/h4-9,11,13-15,27-28,42,44H,10,12,16-22H2,1-3H3,(H,45,49)/t27-/m1/s1. The molecule has 12 heteroatoms. The molecule has 3 N–H and O–H groups in total. The second kappa shape index (κ2) is 14.8. The zero-order valence-electron chi connectivity index (χ0n) is 29.0. The maximum atomic E-state index is 11.6. The molecular formula is C39H42Cl2N6O4. The van der Waals surface area contributed by atoms with Crippen LogP contribution in [0.2, 0.25) is 10.0 Å². The van der Waals surface area contributed by atoms with Gasteiger partial charge in [0.15, 0.2) is 0 Å². The number of nitrogens with one attached hydrogen (secondary N) is 3. The van der Waals surface area contributed by atoms with Gasteiger partial charge in [-0.1, -0.05) is 59.6 Å². The molecule has 1 aliphatic carbocycles. The highest BCUT2D eigenvalue weighted by molar-refractivity contribution is 6.39. The number of aromatic nitrogens is 2. The highest BCUT2D eigenvalue weighted by atomic mass is 35.5. The lowest BCUT2D eigenvalue weighted by Gasteiger charge is -2.59. The number of nitrogens with zero attached hydrogens (tertiary/aromatic N) is 3. The van der Waals surface area contributed by atoms with Crippen LogP contribution < -0.4 is 25.4 Å². The van der Waals surface area contributed by atoms with Gasteiger partial charge in [-0.05, 0) is 37.5 Å². The van der Waals surface area contributed by atoms with Crippen LogP contribution in [0.1, 0.15) is 43.7 Å². The average Bonchev–Trinajstić information content (AvgIpc) is 3.51. The maximum absolute atomic E-state index is 11.6. The van der Waals surface area contributed by atoms with Crippen molar-refractivity contribution in [2.75, 3.05) is 33.9 Å². The Morgan fingerprint density at radius 2 is 1.75 bits per heavy atom. The molecule has 2 aromatic heterocycles. The number of rotatable bonds is 12. The molecule has 2 aromatic carbocycles. The summed E-state index contributed by atoms with van der Waals surface area (Å²) in [7, 11) is 3.27. The smallest absolute Gasteiger partial charge is 0.220 e. The molecule has 2 amide bonds. The minimum atomic E-state index is 0.100. The number of likely N-dealkylation sites (tertiary alicyclic amines) is 1. The first-order valence-corrected chi connectivity index (χ1v) is 18.1. The molecule has 4 aromatic rings. The Balaban J connectivity index is 1.05. The summed E-state index contributed by atoms with van der Waals surface area (Å²) in [6, 6.07) is 18.2. The SMILES string of the molecule is COc1cc(-c2nccc(-c3cccc(-c4ccc(CNC[C@H]5CCC(=O)N5)c(OC)n4)c3Cl)c2Cl)ccc1CNC1CC2(C1)CN(C(C)=O)C2. The first-order chi connectivity index (χ1) is 24.7. The van der Waals surface area contributed by atoms with Gasteiger partial charge in [-0.25, -0.2) is 4.98 Å². The van der Waals surface area contributed by atoms with Crippen molar-refractivity contribution in [1.29, 1.82) is 0 Å². The van der Waals surface area contributed by atoms with Gasteiger partial charge in [-0.2, -0.15) is 0 Å². The predicted octanol–water partition coefficient (Wildman–Crippen LogP) is 6.27. The van der Waals surface area contributed by atoms with Crippen molar-refractivity contribution in [1.82, 2.24) is 30.8 Å². The molecular weight excluding hydrogens is 687 g/mol. The molecule has 4 heterocycles. The Morgan fingerprint density at radius 3 is 2.47 bits per heavy atom. The lowest BCUT2D eigenvalue weighted by molar-refractivity contribution is -0.149. The molecule has 3 aliphatic rings. The zero-order chi connectivity index (χ0) is 35.7. The van der Waals surface area contributed by atoms with E-state index in [-0.39, 0.29) is 17.9 Å². The zero-order valence-corrected chi connectivity index (χ0v) is 30.5. The average molecular weight is 730 g/mol. The van der Waals surface area contributed by atoms with Gasteiger partial charge < -0.3 is 30.3 Å². The van der Waals surface area contributed by atoms with Gasteiger partial charge in [0.2, 0.25) is 17.7 Å². The summed E-state index contributed by atoms with van der Waals surface area (Å²) in [6.07, 6.45) is 5.32. The van der Waals surface area contributed by atoms with Crippen LogP contribution in [0.5, 0.6) is 11.6 Å². The molecule has 1 atom stereocenters. The molecule has 2 aliphatic heterocycles.